The Bertz CT molecular complexity index is 789. The van der Waals surface area contributed by atoms with E-state index in [0.717, 1.165) is 35.5 Å². The summed E-state index contributed by atoms with van der Waals surface area (Å²) in [6.07, 6.45) is 1.73. The molecule has 0 radical (unpaired) electrons. The molecule has 0 unspecified atom stereocenters. The largest absolute Gasteiger partial charge is 0.326 e. The van der Waals surface area contributed by atoms with Crippen molar-refractivity contribution >= 4 is 34.8 Å². The van der Waals surface area contributed by atoms with Crippen molar-refractivity contribution in [1.82, 2.24) is 0 Å². The van der Waals surface area contributed by atoms with Crippen LogP contribution in [0.15, 0.2) is 42.5 Å². The Morgan fingerprint density at radius 1 is 1.25 bits per heavy atom. The van der Waals surface area contributed by atoms with E-state index in [-0.39, 0.29) is 18.2 Å². The predicted molar refractivity (Wildman–Crippen MR) is 96.6 cm³/mol. The molecule has 124 valence electrons. The standard InChI is InChI=1S/C19H19ClN2O2/c1-13-11-15(8-9-17(13)22-10-4-7-19(22)24)21-18(23)12-14-5-2-3-6-16(14)20/h2-3,5-6,8-9,11H,4,7,10,12H2,1H3,(H,21,23). The summed E-state index contributed by atoms with van der Waals surface area (Å²) in [6.45, 7) is 2.71. The fourth-order valence-electron chi connectivity index (χ4n) is 2.96. The van der Waals surface area contributed by atoms with Gasteiger partial charge in [0.2, 0.25) is 11.8 Å². The maximum atomic E-state index is 12.2. The lowest BCUT2D eigenvalue weighted by Crippen LogP contribution is -2.24. The third kappa shape index (κ3) is 3.60. The first-order valence-electron chi connectivity index (χ1n) is 7.99. The monoisotopic (exact) mass is 342 g/mol. The minimum atomic E-state index is -0.118. The summed E-state index contributed by atoms with van der Waals surface area (Å²) in [4.78, 5) is 25.9. The number of nitrogens with zero attached hydrogens (tertiary/aromatic N) is 1. The lowest BCUT2D eigenvalue weighted by Gasteiger charge is -2.19. The van der Waals surface area contributed by atoms with E-state index >= 15 is 0 Å². The van der Waals surface area contributed by atoms with E-state index in [4.69, 9.17) is 11.6 Å². The number of carbonyl (C=O) groups is 2. The summed E-state index contributed by atoms with van der Waals surface area (Å²) in [6, 6.07) is 12.9. The van der Waals surface area contributed by atoms with Crippen LogP contribution in [0.25, 0.3) is 0 Å². The van der Waals surface area contributed by atoms with Gasteiger partial charge in [-0.25, -0.2) is 0 Å². The van der Waals surface area contributed by atoms with Crippen LogP contribution < -0.4 is 10.2 Å². The van der Waals surface area contributed by atoms with Gasteiger partial charge in [-0.05, 0) is 48.7 Å². The zero-order valence-corrected chi connectivity index (χ0v) is 14.3. The normalized spacial score (nSPS) is 14.1. The SMILES string of the molecule is Cc1cc(NC(=O)Cc2ccccc2Cl)ccc1N1CCCC1=O. The van der Waals surface area contributed by atoms with E-state index in [1.54, 1.807) is 6.07 Å². The van der Waals surface area contributed by atoms with Crippen molar-refractivity contribution in [3.05, 3.63) is 58.6 Å². The van der Waals surface area contributed by atoms with Gasteiger partial charge in [-0.3, -0.25) is 9.59 Å². The fourth-order valence-corrected chi connectivity index (χ4v) is 3.16. The summed E-state index contributed by atoms with van der Waals surface area (Å²) in [7, 11) is 0. The van der Waals surface area contributed by atoms with Crippen LogP contribution in [0.3, 0.4) is 0 Å². The summed E-state index contributed by atoms with van der Waals surface area (Å²) >= 11 is 6.09. The van der Waals surface area contributed by atoms with Crippen molar-refractivity contribution < 1.29 is 9.59 Å². The van der Waals surface area contributed by atoms with E-state index in [9.17, 15) is 9.59 Å². The number of carbonyl (C=O) groups excluding carboxylic acids is 2. The van der Waals surface area contributed by atoms with Gasteiger partial charge in [-0.1, -0.05) is 29.8 Å². The van der Waals surface area contributed by atoms with Crippen molar-refractivity contribution in [3.63, 3.8) is 0 Å². The molecule has 0 aliphatic carbocycles. The molecule has 1 N–H and O–H groups in total. The number of halogens is 1. The molecule has 1 saturated heterocycles. The summed E-state index contributed by atoms with van der Waals surface area (Å²) in [5.41, 5.74) is 3.41. The van der Waals surface area contributed by atoms with Gasteiger partial charge in [-0.2, -0.15) is 0 Å². The van der Waals surface area contributed by atoms with Crippen LogP contribution in [0.2, 0.25) is 5.02 Å². The van der Waals surface area contributed by atoms with Crippen molar-refractivity contribution in [3.8, 4) is 0 Å². The second-order valence-electron chi connectivity index (χ2n) is 5.97. The van der Waals surface area contributed by atoms with E-state index < -0.39 is 0 Å². The van der Waals surface area contributed by atoms with Crippen LogP contribution in [0.5, 0.6) is 0 Å². The van der Waals surface area contributed by atoms with Crippen LogP contribution in [-0.2, 0) is 16.0 Å². The Balaban J connectivity index is 1.69. The molecule has 1 aliphatic heterocycles. The van der Waals surface area contributed by atoms with Gasteiger partial charge in [0.1, 0.15) is 0 Å². The molecule has 0 bridgehead atoms. The zero-order chi connectivity index (χ0) is 17.1. The molecule has 2 aromatic rings. The maximum Gasteiger partial charge on any atom is 0.228 e. The molecule has 0 atom stereocenters. The van der Waals surface area contributed by atoms with E-state index in [2.05, 4.69) is 5.32 Å². The molecular formula is C19H19ClN2O2. The molecule has 24 heavy (non-hydrogen) atoms. The number of amides is 2. The van der Waals surface area contributed by atoms with Crippen LogP contribution in [-0.4, -0.2) is 18.4 Å². The van der Waals surface area contributed by atoms with Crippen LogP contribution >= 0.6 is 11.6 Å². The molecule has 4 nitrogen and oxygen atoms in total. The van der Waals surface area contributed by atoms with E-state index in [1.807, 2.05) is 48.2 Å². The van der Waals surface area contributed by atoms with E-state index in [0.29, 0.717) is 11.4 Å². The number of hydrogen-bond donors (Lipinski definition) is 1. The second kappa shape index (κ2) is 7.05. The molecular weight excluding hydrogens is 324 g/mol. The van der Waals surface area contributed by atoms with Gasteiger partial charge in [0.05, 0.1) is 6.42 Å². The fraction of sp³-hybridized carbons (Fsp3) is 0.263. The minimum Gasteiger partial charge on any atom is -0.326 e. The molecule has 3 rings (SSSR count). The number of aryl methyl sites for hydroxylation is 1. The average Bonchev–Trinajstić information content (AvgIpc) is 2.96. The Kier molecular flexibility index (Phi) is 4.86. The first-order valence-corrected chi connectivity index (χ1v) is 8.36. The predicted octanol–water partition coefficient (Wildman–Crippen LogP) is 3.96. The van der Waals surface area contributed by atoms with Crippen LogP contribution in [0, 0.1) is 6.92 Å². The molecule has 1 fully saturated rings. The first kappa shape index (κ1) is 16.5. The molecule has 2 amide bonds. The summed E-state index contributed by atoms with van der Waals surface area (Å²) < 4.78 is 0. The molecule has 2 aromatic carbocycles. The molecule has 0 aromatic heterocycles. The van der Waals surface area contributed by atoms with Crippen LogP contribution in [0.1, 0.15) is 24.0 Å². The quantitative estimate of drug-likeness (QED) is 0.914. The lowest BCUT2D eigenvalue weighted by atomic mass is 10.1. The number of anilines is 2. The van der Waals surface area contributed by atoms with Crippen molar-refractivity contribution in [2.24, 2.45) is 0 Å². The highest BCUT2D eigenvalue weighted by Crippen LogP contribution is 2.27. The molecule has 0 spiro atoms. The number of nitrogens with one attached hydrogen (secondary N) is 1. The van der Waals surface area contributed by atoms with E-state index in [1.165, 1.54) is 0 Å². The molecule has 5 heteroatoms. The Labute approximate surface area is 146 Å². The lowest BCUT2D eigenvalue weighted by molar-refractivity contribution is -0.117. The molecule has 1 heterocycles. The summed E-state index contributed by atoms with van der Waals surface area (Å²) in [5.74, 6) is 0.0427. The third-order valence-corrected chi connectivity index (χ3v) is 4.52. The van der Waals surface area contributed by atoms with Gasteiger partial charge >= 0.3 is 0 Å². The summed E-state index contributed by atoms with van der Waals surface area (Å²) in [5, 5.41) is 3.48. The topological polar surface area (TPSA) is 49.4 Å². The second-order valence-corrected chi connectivity index (χ2v) is 6.37. The minimum absolute atomic E-state index is 0.118. The molecule has 1 aliphatic rings. The Morgan fingerprint density at radius 2 is 2.04 bits per heavy atom. The number of rotatable bonds is 4. The smallest absolute Gasteiger partial charge is 0.228 e. The van der Waals surface area contributed by atoms with Crippen LogP contribution in [0.4, 0.5) is 11.4 Å². The Morgan fingerprint density at radius 3 is 2.71 bits per heavy atom. The van der Waals surface area contributed by atoms with Gasteiger partial charge in [0, 0.05) is 29.4 Å². The third-order valence-electron chi connectivity index (χ3n) is 4.15. The van der Waals surface area contributed by atoms with Gasteiger partial charge in [0.15, 0.2) is 0 Å². The highest BCUT2D eigenvalue weighted by molar-refractivity contribution is 6.31. The Hall–Kier alpha value is -2.33. The molecule has 0 saturated carbocycles. The van der Waals surface area contributed by atoms with Gasteiger partial charge in [-0.15, -0.1) is 0 Å². The zero-order valence-electron chi connectivity index (χ0n) is 13.5. The van der Waals surface area contributed by atoms with Crippen molar-refractivity contribution in [1.29, 1.82) is 0 Å². The van der Waals surface area contributed by atoms with Crippen molar-refractivity contribution in [2.75, 3.05) is 16.8 Å². The van der Waals surface area contributed by atoms with Gasteiger partial charge in [0.25, 0.3) is 0 Å². The highest BCUT2D eigenvalue weighted by atomic mass is 35.5. The first-order chi connectivity index (χ1) is 11.5. The number of benzene rings is 2. The van der Waals surface area contributed by atoms with Gasteiger partial charge < -0.3 is 10.2 Å². The average molecular weight is 343 g/mol. The maximum absolute atomic E-state index is 12.2. The highest BCUT2D eigenvalue weighted by Gasteiger charge is 2.23. The number of hydrogen-bond acceptors (Lipinski definition) is 2. The van der Waals surface area contributed by atoms with Crippen molar-refractivity contribution in [2.45, 2.75) is 26.2 Å².